The Morgan fingerprint density at radius 3 is 2.47 bits per heavy atom. The van der Waals surface area contributed by atoms with Gasteiger partial charge in [-0.1, -0.05) is 44.2 Å². The first-order chi connectivity index (χ1) is 8.96. The van der Waals surface area contributed by atoms with Crippen LogP contribution in [0.4, 0.5) is 0 Å². The largest absolute Gasteiger partial charge is 0.469 e. The van der Waals surface area contributed by atoms with E-state index in [0.29, 0.717) is 12.8 Å². The lowest BCUT2D eigenvalue weighted by Crippen LogP contribution is -2.41. The Hall–Kier alpha value is -1.64. The van der Waals surface area contributed by atoms with E-state index in [-0.39, 0.29) is 23.6 Å². The molecule has 3 nitrogen and oxygen atoms in total. The normalized spacial score (nSPS) is 25.9. The number of benzene rings is 1. The number of ether oxygens (including phenoxy) is 1. The number of hydrogen-bond donors (Lipinski definition) is 0. The van der Waals surface area contributed by atoms with E-state index in [4.69, 9.17) is 4.74 Å². The van der Waals surface area contributed by atoms with Crippen molar-refractivity contribution in [2.45, 2.75) is 32.6 Å². The fourth-order valence-corrected chi connectivity index (χ4v) is 2.93. The minimum atomic E-state index is -0.425. The van der Waals surface area contributed by atoms with Crippen molar-refractivity contribution < 1.29 is 14.3 Å². The van der Waals surface area contributed by atoms with Crippen LogP contribution in [0.3, 0.4) is 0 Å². The molecule has 1 aliphatic rings. The molecule has 0 amide bonds. The Labute approximate surface area is 114 Å². The van der Waals surface area contributed by atoms with Crippen LogP contribution >= 0.6 is 0 Å². The zero-order chi connectivity index (χ0) is 14.0. The van der Waals surface area contributed by atoms with Crippen molar-refractivity contribution in [3.05, 3.63) is 35.9 Å². The summed E-state index contributed by atoms with van der Waals surface area (Å²) in [6.07, 6.45) is 0.971. The predicted molar refractivity (Wildman–Crippen MR) is 72.7 cm³/mol. The second kappa shape index (κ2) is 5.16. The van der Waals surface area contributed by atoms with Crippen molar-refractivity contribution >= 4 is 11.8 Å². The maximum atomic E-state index is 12.3. The van der Waals surface area contributed by atoms with Gasteiger partial charge in [0.05, 0.1) is 13.0 Å². The first kappa shape index (κ1) is 13.8. The molecule has 0 aliphatic heterocycles. The van der Waals surface area contributed by atoms with Crippen molar-refractivity contribution in [2.24, 2.45) is 11.3 Å². The molecule has 1 saturated carbocycles. The van der Waals surface area contributed by atoms with Gasteiger partial charge in [-0.15, -0.1) is 0 Å². The third kappa shape index (κ3) is 2.55. The Morgan fingerprint density at radius 2 is 1.89 bits per heavy atom. The third-order valence-corrected chi connectivity index (χ3v) is 4.28. The third-order valence-electron chi connectivity index (χ3n) is 4.28. The number of ketones is 1. The van der Waals surface area contributed by atoms with E-state index in [1.54, 1.807) is 0 Å². The Kier molecular flexibility index (Phi) is 3.74. The van der Waals surface area contributed by atoms with Crippen LogP contribution in [0.15, 0.2) is 30.3 Å². The SMILES string of the molecule is COC(=O)C1CC(=O)C(C)(C)[C@@H](c2ccccc2)C1. The van der Waals surface area contributed by atoms with E-state index >= 15 is 0 Å². The average molecular weight is 260 g/mol. The summed E-state index contributed by atoms with van der Waals surface area (Å²) < 4.78 is 4.80. The minimum absolute atomic E-state index is 0.0686. The van der Waals surface area contributed by atoms with Gasteiger partial charge in [-0.25, -0.2) is 0 Å². The summed E-state index contributed by atoms with van der Waals surface area (Å²) in [4.78, 5) is 24.0. The number of methoxy groups -OCH3 is 1. The van der Waals surface area contributed by atoms with E-state index in [2.05, 4.69) is 0 Å². The van der Waals surface area contributed by atoms with Crippen LogP contribution in [0, 0.1) is 11.3 Å². The highest BCUT2D eigenvalue weighted by molar-refractivity contribution is 5.90. The quantitative estimate of drug-likeness (QED) is 0.768. The summed E-state index contributed by atoms with van der Waals surface area (Å²) in [7, 11) is 1.38. The molecule has 19 heavy (non-hydrogen) atoms. The van der Waals surface area contributed by atoms with E-state index < -0.39 is 5.41 Å². The average Bonchev–Trinajstić information content (AvgIpc) is 2.41. The molecule has 3 heteroatoms. The zero-order valence-corrected chi connectivity index (χ0v) is 11.7. The van der Waals surface area contributed by atoms with E-state index in [1.807, 2.05) is 44.2 Å². The molecule has 1 aliphatic carbocycles. The molecule has 0 saturated heterocycles. The lowest BCUT2D eigenvalue weighted by atomic mass is 9.62. The van der Waals surface area contributed by atoms with Crippen molar-refractivity contribution in [3.63, 3.8) is 0 Å². The van der Waals surface area contributed by atoms with Gasteiger partial charge in [0.15, 0.2) is 0 Å². The van der Waals surface area contributed by atoms with Gasteiger partial charge in [0.2, 0.25) is 0 Å². The number of carbonyl (C=O) groups is 2. The summed E-state index contributed by atoms with van der Waals surface area (Å²) >= 11 is 0. The van der Waals surface area contributed by atoms with Crippen molar-refractivity contribution in [3.8, 4) is 0 Å². The summed E-state index contributed by atoms with van der Waals surface area (Å²) in [5, 5.41) is 0. The van der Waals surface area contributed by atoms with Crippen LogP contribution in [0.1, 0.15) is 38.2 Å². The van der Waals surface area contributed by atoms with Gasteiger partial charge >= 0.3 is 5.97 Å². The molecule has 102 valence electrons. The van der Waals surface area contributed by atoms with E-state index in [9.17, 15) is 9.59 Å². The maximum absolute atomic E-state index is 12.3. The molecule has 0 heterocycles. The van der Waals surface area contributed by atoms with Crippen LogP contribution < -0.4 is 0 Å². The van der Waals surface area contributed by atoms with Crippen molar-refractivity contribution in [1.29, 1.82) is 0 Å². The molecule has 2 rings (SSSR count). The molecular formula is C16H20O3. The van der Waals surface area contributed by atoms with Crippen LogP contribution in [0.25, 0.3) is 0 Å². The van der Waals surface area contributed by atoms with Gasteiger partial charge in [0, 0.05) is 11.8 Å². The van der Waals surface area contributed by atoms with Gasteiger partial charge in [0.1, 0.15) is 5.78 Å². The Balaban J connectivity index is 2.33. The van der Waals surface area contributed by atoms with Gasteiger partial charge in [-0.3, -0.25) is 9.59 Å². The first-order valence-electron chi connectivity index (χ1n) is 6.63. The highest BCUT2D eigenvalue weighted by Crippen LogP contribution is 2.46. The monoisotopic (exact) mass is 260 g/mol. The molecule has 1 fully saturated rings. The molecule has 0 spiro atoms. The summed E-state index contributed by atoms with van der Waals surface area (Å²) in [6.45, 7) is 3.95. The zero-order valence-electron chi connectivity index (χ0n) is 11.7. The van der Waals surface area contributed by atoms with Gasteiger partial charge in [-0.2, -0.15) is 0 Å². The summed E-state index contributed by atoms with van der Waals surface area (Å²) in [5.74, 6) is -0.373. The van der Waals surface area contributed by atoms with Gasteiger partial charge in [-0.05, 0) is 17.9 Å². The molecule has 2 atom stereocenters. The smallest absolute Gasteiger partial charge is 0.309 e. The maximum Gasteiger partial charge on any atom is 0.309 e. The number of hydrogen-bond acceptors (Lipinski definition) is 3. The lowest BCUT2D eigenvalue weighted by molar-refractivity contribution is -0.151. The molecule has 1 aromatic rings. The molecular weight excluding hydrogens is 240 g/mol. The number of carbonyl (C=O) groups excluding carboxylic acids is 2. The molecule has 1 aromatic carbocycles. The number of esters is 1. The number of rotatable bonds is 2. The van der Waals surface area contributed by atoms with E-state index in [0.717, 1.165) is 5.56 Å². The highest BCUT2D eigenvalue weighted by Gasteiger charge is 2.45. The lowest BCUT2D eigenvalue weighted by Gasteiger charge is -2.40. The van der Waals surface area contributed by atoms with Crippen LogP contribution in [-0.4, -0.2) is 18.9 Å². The predicted octanol–water partition coefficient (Wildman–Crippen LogP) is 2.95. The van der Waals surface area contributed by atoms with Crippen LogP contribution in [-0.2, 0) is 14.3 Å². The summed E-state index contributed by atoms with van der Waals surface area (Å²) in [5.41, 5.74) is 0.695. The standard InChI is InChI=1S/C16H20O3/c1-16(2)13(11-7-5-4-6-8-11)9-12(10-14(16)17)15(18)19-3/h4-8,12-13H,9-10H2,1-3H3/t12?,13-/m1/s1. The molecule has 0 N–H and O–H groups in total. The van der Waals surface area contributed by atoms with Gasteiger partial charge in [0.25, 0.3) is 0 Å². The first-order valence-corrected chi connectivity index (χ1v) is 6.63. The van der Waals surface area contributed by atoms with E-state index in [1.165, 1.54) is 7.11 Å². The molecule has 1 unspecified atom stereocenters. The van der Waals surface area contributed by atoms with Crippen molar-refractivity contribution in [1.82, 2.24) is 0 Å². The summed E-state index contributed by atoms with van der Waals surface area (Å²) in [6, 6.07) is 9.95. The minimum Gasteiger partial charge on any atom is -0.469 e. The molecule has 0 radical (unpaired) electrons. The Morgan fingerprint density at radius 1 is 1.26 bits per heavy atom. The highest BCUT2D eigenvalue weighted by atomic mass is 16.5. The van der Waals surface area contributed by atoms with Crippen LogP contribution in [0.5, 0.6) is 0 Å². The number of Topliss-reactive ketones (excluding diaryl/α,β-unsaturated/α-hetero) is 1. The van der Waals surface area contributed by atoms with Gasteiger partial charge < -0.3 is 4.74 Å². The van der Waals surface area contributed by atoms with Crippen LogP contribution in [0.2, 0.25) is 0 Å². The topological polar surface area (TPSA) is 43.4 Å². The Bertz CT molecular complexity index is 476. The fraction of sp³-hybridized carbons (Fsp3) is 0.500. The van der Waals surface area contributed by atoms with Crippen molar-refractivity contribution in [2.75, 3.05) is 7.11 Å². The molecule has 0 bridgehead atoms. The molecule has 0 aromatic heterocycles. The second-order valence-electron chi connectivity index (χ2n) is 5.77. The second-order valence-corrected chi connectivity index (χ2v) is 5.77. The fourth-order valence-electron chi connectivity index (χ4n) is 2.93.